The molecule has 0 aliphatic rings. The maximum Gasteiger partial charge on any atom is 0.0649 e. The van der Waals surface area contributed by atoms with Crippen molar-refractivity contribution in [3.8, 4) is 0 Å². The monoisotopic (exact) mass is 174 g/mol. The molecule has 0 aromatic rings. The molecular weight excluding hydrogens is 152 g/mol. The Bertz CT molecular complexity index is 131. The van der Waals surface area contributed by atoms with Crippen molar-refractivity contribution in [1.82, 2.24) is 0 Å². The van der Waals surface area contributed by atoms with Crippen molar-refractivity contribution in [3.63, 3.8) is 0 Å². The second-order valence-corrected chi connectivity index (χ2v) is 5.08. The van der Waals surface area contributed by atoms with Crippen molar-refractivity contribution in [2.75, 3.05) is 0 Å². The van der Waals surface area contributed by atoms with Crippen LogP contribution in [0.4, 0.5) is 0 Å². The van der Waals surface area contributed by atoms with Gasteiger partial charge in [-0.3, -0.25) is 0 Å². The Kier molecular flexibility index (Phi) is 3.73. The van der Waals surface area contributed by atoms with Gasteiger partial charge in [-0.05, 0) is 33.1 Å². The molecule has 0 aliphatic carbocycles. The van der Waals surface area contributed by atoms with Crippen molar-refractivity contribution in [2.24, 2.45) is 5.92 Å². The number of hydrogen-bond donors (Lipinski definition) is 2. The first-order chi connectivity index (χ1) is 5.12. The first-order valence-electron chi connectivity index (χ1n) is 4.57. The lowest BCUT2D eigenvalue weighted by atomic mass is 9.85. The molecule has 0 aliphatic heterocycles. The molecule has 0 spiro atoms. The van der Waals surface area contributed by atoms with Gasteiger partial charge in [0.05, 0.1) is 11.2 Å². The van der Waals surface area contributed by atoms with E-state index in [-0.39, 0.29) is 0 Å². The summed E-state index contributed by atoms with van der Waals surface area (Å²) in [7, 11) is 0. The molecule has 0 fully saturated rings. The predicted molar refractivity (Wildman–Crippen MR) is 51.0 cm³/mol. The number of rotatable bonds is 4. The van der Waals surface area contributed by atoms with Crippen molar-refractivity contribution in [3.05, 3.63) is 0 Å². The van der Waals surface area contributed by atoms with E-state index in [9.17, 15) is 10.2 Å². The lowest BCUT2D eigenvalue weighted by molar-refractivity contribution is -0.0457. The molecular formula is C10H22O2. The zero-order valence-electron chi connectivity index (χ0n) is 8.89. The molecule has 2 N–H and O–H groups in total. The summed E-state index contributed by atoms with van der Waals surface area (Å²) < 4.78 is 0. The van der Waals surface area contributed by atoms with Crippen LogP contribution in [-0.2, 0) is 0 Å². The van der Waals surface area contributed by atoms with Gasteiger partial charge in [-0.1, -0.05) is 13.8 Å². The van der Waals surface area contributed by atoms with E-state index in [1.165, 1.54) is 0 Å². The quantitative estimate of drug-likeness (QED) is 0.684. The van der Waals surface area contributed by atoms with Gasteiger partial charge in [0.1, 0.15) is 0 Å². The summed E-state index contributed by atoms with van der Waals surface area (Å²) in [4.78, 5) is 0. The molecule has 0 saturated carbocycles. The van der Waals surface area contributed by atoms with Crippen LogP contribution in [0.5, 0.6) is 0 Å². The number of aliphatic hydroxyl groups is 2. The minimum atomic E-state index is -0.779. The van der Waals surface area contributed by atoms with Crippen molar-refractivity contribution in [1.29, 1.82) is 0 Å². The Hall–Kier alpha value is -0.0800. The van der Waals surface area contributed by atoms with Crippen LogP contribution in [0.25, 0.3) is 0 Å². The fourth-order valence-electron chi connectivity index (χ4n) is 1.88. The molecule has 74 valence electrons. The highest BCUT2D eigenvalue weighted by Crippen LogP contribution is 2.25. The summed E-state index contributed by atoms with van der Waals surface area (Å²) in [5, 5.41) is 19.4. The van der Waals surface area contributed by atoms with Crippen molar-refractivity contribution in [2.45, 2.75) is 58.7 Å². The fourth-order valence-corrected chi connectivity index (χ4v) is 1.88. The maximum atomic E-state index is 9.86. The fraction of sp³-hybridized carbons (Fsp3) is 1.00. The highest BCUT2D eigenvalue weighted by atomic mass is 16.3. The minimum absolute atomic E-state index is 0.429. The van der Waals surface area contributed by atoms with Crippen molar-refractivity contribution < 1.29 is 10.2 Å². The van der Waals surface area contributed by atoms with Gasteiger partial charge < -0.3 is 10.2 Å². The second kappa shape index (κ2) is 3.75. The van der Waals surface area contributed by atoms with Crippen LogP contribution in [0.1, 0.15) is 47.5 Å². The van der Waals surface area contributed by atoms with Crippen LogP contribution in [0.2, 0.25) is 0 Å². The van der Waals surface area contributed by atoms with Crippen LogP contribution in [0, 0.1) is 5.92 Å². The normalized spacial score (nSPS) is 18.0. The van der Waals surface area contributed by atoms with E-state index in [2.05, 4.69) is 13.8 Å². The molecule has 0 rings (SSSR count). The summed E-state index contributed by atoms with van der Waals surface area (Å²) >= 11 is 0. The summed E-state index contributed by atoms with van der Waals surface area (Å²) in [6.07, 6.45) is 1.16. The van der Waals surface area contributed by atoms with Crippen LogP contribution in [0.15, 0.2) is 0 Å². The zero-order valence-corrected chi connectivity index (χ0v) is 8.89. The standard InChI is InChI=1S/C10H22O2/c1-8(2)6-10(5,12)7-9(3,4)11/h8,11-12H,6-7H2,1-5H3. The van der Waals surface area contributed by atoms with Crippen LogP contribution < -0.4 is 0 Å². The number of hydrogen-bond acceptors (Lipinski definition) is 2. The third kappa shape index (κ3) is 6.62. The van der Waals surface area contributed by atoms with Crippen LogP contribution >= 0.6 is 0 Å². The molecule has 0 heterocycles. The molecule has 1 atom stereocenters. The Morgan fingerprint density at radius 2 is 1.50 bits per heavy atom. The summed E-state index contributed by atoms with van der Waals surface area (Å²) in [5.41, 5.74) is -1.52. The third-order valence-electron chi connectivity index (χ3n) is 1.66. The Labute approximate surface area is 75.6 Å². The van der Waals surface area contributed by atoms with E-state index >= 15 is 0 Å². The van der Waals surface area contributed by atoms with Gasteiger partial charge in [0.15, 0.2) is 0 Å². The van der Waals surface area contributed by atoms with Gasteiger partial charge in [0, 0.05) is 6.42 Å². The molecule has 1 unspecified atom stereocenters. The third-order valence-corrected chi connectivity index (χ3v) is 1.66. The molecule has 0 saturated heterocycles. The Morgan fingerprint density at radius 1 is 1.08 bits per heavy atom. The molecule has 2 heteroatoms. The largest absolute Gasteiger partial charge is 0.390 e. The van der Waals surface area contributed by atoms with Gasteiger partial charge in [0.2, 0.25) is 0 Å². The molecule has 0 bridgehead atoms. The lowest BCUT2D eigenvalue weighted by Crippen LogP contribution is -2.36. The first-order valence-corrected chi connectivity index (χ1v) is 4.57. The Morgan fingerprint density at radius 3 is 1.75 bits per heavy atom. The van der Waals surface area contributed by atoms with E-state index in [0.717, 1.165) is 6.42 Å². The lowest BCUT2D eigenvalue weighted by Gasteiger charge is -2.31. The summed E-state index contributed by atoms with van der Waals surface area (Å²) in [6, 6.07) is 0. The molecule has 0 amide bonds. The second-order valence-electron chi connectivity index (χ2n) is 5.08. The highest BCUT2D eigenvalue weighted by Gasteiger charge is 2.29. The van der Waals surface area contributed by atoms with Gasteiger partial charge in [0.25, 0.3) is 0 Å². The van der Waals surface area contributed by atoms with Gasteiger partial charge in [-0.2, -0.15) is 0 Å². The molecule has 12 heavy (non-hydrogen) atoms. The van der Waals surface area contributed by atoms with E-state index in [0.29, 0.717) is 12.3 Å². The van der Waals surface area contributed by atoms with E-state index in [1.807, 2.05) is 0 Å². The zero-order chi connectivity index (χ0) is 9.99. The minimum Gasteiger partial charge on any atom is -0.390 e. The molecule has 0 aromatic heterocycles. The average molecular weight is 174 g/mol. The maximum absolute atomic E-state index is 9.86. The first kappa shape index (κ1) is 11.9. The smallest absolute Gasteiger partial charge is 0.0649 e. The molecule has 2 nitrogen and oxygen atoms in total. The summed E-state index contributed by atoms with van der Waals surface area (Å²) in [6.45, 7) is 9.37. The SMILES string of the molecule is CC(C)CC(C)(O)CC(C)(C)O. The predicted octanol–water partition coefficient (Wildman–Crippen LogP) is 1.94. The van der Waals surface area contributed by atoms with Crippen molar-refractivity contribution >= 4 is 0 Å². The van der Waals surface area contributed by atoms with Gasteiger partial charge in [-0.15, -0.1) is 0 Å². The average Bonchev–Trinajstić information content (AvgIpc) is 1.48. The summed E-state index contributed by atoms with van der Waals surface area (Å²) in [5.74, 6) is 0.461. The molecule has 0 aromatic carbocycles. The highest BCUT2D eigenvalue weighted by molar-refractivity contribution is 4.82. The van der Waals surface area contributed by atoms with E-state index in [4.69, 9.17) is 0 Å². The Balaban J connectivity index is 4.04. The topological polar surface area (TPSA) is 40.5 Å². The molecule has 0 radical (unpaired) electrons. The van der Waals surface area contributed by atoms with Gasteiger partial charge in [-0.25, -0.2) is 0 Å². The van der Waals surface area contributed by atoms with Crippen LogP contribution in [-0.4, -0.2) is 21.4 Å². The van der Waals surface area contributed by atoms with E-state index in [1.54, 1.807) is 20.8 Å². The van der Waals surface area contributed by atoms with Crippen LogP contribution in [0.3, 0.4) is 0 Å². The van der Waals surface area contributed by atoms with Gasteiger partial charge >= 0.3 is 0 Å². The van der Waals surface area contributed by atoms with E-state index < -0.39 is 11.2 Å².